The molecule has 0 bridgehead atoms. The highest BCUT2D eigenvalue weighted by Crippen LogP contribution is 2.33. The van der Waals surface area contributed by atoms with Crippen LogP contribution < -0.4 is 19.9 Å². The zero-order valence-electron chi connectivity index (χ0n) is 18.1. The van der Waals surface area contributed by atoms with Gasteiger partial charge in [-0.15, -0.1) is 0 Å². The summed E-state index contributed by atoms with van der Waals surface area (Å²) in [6, 6.07) is 13.7. The smallest absolute Gasteiger partial charge is 0.262 e. The number of nitrogens with one attached hydrogen (secondary N) is 1. The van der Waals surface area contributed by atoms with Crippen LogP contribution in [0, 0.1) is 29.1 Å². The number of hydrogen-bond donors (Lipinski definition) is 1. The third-order valence-corrected chi connectivity index (χ3v) is 5.77. The molecular weight excluding hydrogens is 493 g/mol. The standard InChI is InChI=1S/C24H19ClF5N3O2/c25-16-12-14(31-18(34)13-35-15-4-2-1-3-5-15)6-7-17(16)32-8-10-33(11-9-32)24-22(29)20(27)19(26)21(28)23(24)30/h1-7,12H,8-11,13H2,(H,31,34). The maximum absolute atomic E-state index is 14.1. The van der Waals surface area contributed by atoms with Gasteiger partial charge in [0.2, 0.25) is 5.82 Å². The molecule has 1 fully saturated rings. The first-order chi connectivity index (χ1) is 16.8. The van der Waals surface area contributed by atoms with E-state index in [1.54, 1.807) is 42.5 Å². The molecule has 184 valence electrons. The lowest BCUT2D eigenvalue weighted by atomic mass is 10.2. The van der Waals surface area contributed by atoms with E-state index in [2.05, 4.69) is 5.32 Å². The average molecular weight is 512 g/mol. The minimum absolute atomic E-state index is 0.00396. The molecule has 1 amide bonds. The Hall–Kier alpha value is -3.53. The van der Waals surface area contributed by atoms with Crippen LogP contribution >= 0.6 is 11.6 Å². The molecule has 3 aromatic carbocycles. The Morgan fingerprint density at radius 3 is 2.00 bits per heavy atom. The highest BCUT2D eigenvalue weighted by atomic mass is 35.5. The van der Waals surface area contributed by atoms with E-state index in [0.29, 0.717) is 22.1 Å². The second-order valence-electron chi connectivity index (χ2n) is 7.71. The highest BCUT2D eigenvalue weighted by molar-refractivity contribution is 6.33. The predicted octanol–water partition coefficient (Wildman–Crippen LogP) is 5.38. The minimum Gasteiger partial charge on any atom is -0.484 e. The Balaban J connectivity index is 1.38. The summed E-state index contributed by atoms with van der Waals surface area (Å²) in [4.78, 5) is 15.1. The summed E-state index contributed by atoms with van der Waals surface area (Å²) >= 11 is 6.38. The van der Waals surface area contributed by atoms with Crippen molar-refractivity contribution >= 4 is 34.6 Å². The predicted molar refractivity (Wildman–Crippen MR) is 123 cm³/mol. The molecule has 35 heavy (non-hydrogen) atoms. The van der Waals surface area contributed by atoms with Crippen molar-refractivity contribution in [2.75, 3.05) is 47.9 Å². The maximum atomic E-state index is 14.1. The molecule has 1 aliphatic rings. The van der Waals surface area contributed by atoms with Crippen molar-refractivity contribution in [3.05, 3.63) is 82.6 Å². The highest BCUT2D eigenvalue weighted by Gasteiger charge is 2.31. The number of halogens is 6. The lowest BCUT2D eigenvalue weighted by Crippen LogP contribution is -2.47. The van der Waals surface area contributed by atoms with Gasteiger partial charge in [-0.2, -0.15) is 0 Å². The molecule has 1 N–H and O–H groups in total. The quantitative estimate of drug-likeness (QED) is 0.274. The molecule has 4 rings (SSSR count). The van der Waals surface area contributed by atoms with Crippen LogP contribution in [-0.4, -0.2) is 38.7 Å². The molecule has 0 atom stereocenters. The zero-order valence-corrected chi connectivity index (χ0v) is 18.9. The first-order valence-electron chi connectivity index (χ1n) is 10.5. The Morgan fingerprint density at radius 1 is 0.829 bits per heavy atom. The lowest BCUT2D eigenvalue weighted by molar-refractivity contribution is -0.118. The zero-order chi connectivity index (χ0) is 25.1. The minimum atomic E-state index is -2.19. The number of piperazine rings is 1. The van der Waals surface area contributed by atoms with E-state index in [-0.39, 0.29) is 38.7 Å². The Labute approximate surface area is 202 Å². The van der Waals surface area contributed by atoms with E-state index in [1.165, 1.54) is 0 Å². The number of anilines is 3. The fraction of sp³-hybridized carbons (Fsp3) is 0.208. The van der Waals surface area contributed by atoms with Crippen molar-refractivity contribution in [1.82, 2.24) is 0 Å². The molecule has 5 nitrogen and oxygen atoms in total. The molecule has 0 unspecified atom stereocenters. The molecule has 1 saturated heterocycles. The van der Waals surface area contributed by atoms with Crippen LogP contribution in [0.25, 0.3) is 0 Å². The summed E-state index contributed by atoms with van der Waals surface area (Å²) < 4.78 is 74.1. The van der Waals surface area contributed by atoms with Gasteiger partial charge in [0, 0.05) is 31.9 Å². The first kappa shape index (κ1) is 24.6. The van der Waals surface area contributed by atoms with Gasteiger partial charge in [-0.3, -0.25) is 4.79 Å². The fourth-order valence-electron chi connectivity index (χ4n) is 3.75. The number of para-hydroxylation sites is 1. The molecule has 0 aromatic heterocycles. The van der Waals surface area contributed by atoms with Crippen LogP contribution in [0.3, 0.4) is 0 Å². The monoisotopic (exact) mass is 511 g/mol. The molecule has 11 heteroatoms. The van der Waals surface area contributed by atoms with Gasteiger partial charge < -0.3 is 19.9 Å². The molecule has 0 saturated carbocycles. The molecule has 0 radical (unpaired) electrons. The van der Waals surface area contributed by atoms with Crippen LogP contribution in [-0.2, 0) is 4.79 Å². The number of benzene rings is 3. The average Bonchev–Trinajstić information content (AvgIpc) is 2.86. The number of amides is 1. The van der Waals surface area contributed by atoms with Gasteiger partial charge in [-0.1, -0.05) is 29.8 Å². The number of carbonyl (C=O) groups excluding carboxylic acids is 1. The Kier molecular flexibility index (Phi) is 7.30. The van der Waals surface area contributed by atoms with Gasteiger partial charge in [0.1, 0.15) is 11.4 Å². The fourth-order valence-corrected chi connectivity index (χ4v) is 4.05. The maximum Gasteiger partial charge on any atom is 0.262 e. The van der Waals surface area contributed by atoms with Gasteiger partial charge in [0.05, 0.1) is 10.7 Å². The topological polar surface area (TPSA) is 44.8 Å². The Morgan fingerprint density at radius 2 is 1.40 bits per heavy atom. The number of ether oxygens (including phenoxy) is 1. The second kappa shape index (κ2) is 10.4. The molecule has 0 aliphatic carbocycles. The van der Waals surface area contributed by atoms with Crippen LogP contribution in [0.4, 0.5) is 39.0 Å². The number of carbonyl (C=O) groups is 1. The molecule has 0 spiro atoms. The van der Waals surface area contributed by atoms with Gasteiger partial charge in [-0.05, 0) is 30.3 Å². The Bertz CT molecular complexity index is 1210. The van der Waals surface area contributed by atoms with Crippen molar-refractivity contribution in [2.45, 2.75) is 0 Å². The van der Waals surface area contributed by atoms with Crippen molar-refractivity contribution in [3.8, 4) is 5.75 Å². The molecule has 3 aromatic rings. The SMILES string of the molecule is O=C(COc1ccccc1)Nc1ccc(N2CCN(c3c(F)c(F)c(F)c(F)c3F)CC2)c(Cl)c1. The van der Waals surface area contributed by atoms with Crippen LogP contribution in [0.15, 0.2) is 48.5 Å². The van der Waals surface area contributed by atoms with E-state index in [1.807, 2.05) is 11.0 Å². The third-order valence-electron chi connectivity index (χ3n) is 5.47. The van der Waals surface area contributed by atoms with Crippen molar-refractivity contribution in [1.29, 1.82) is 0 Å². The van der Waals surface area contributed by atoms with E-state index in [0.717, 1.165) is 4.90 Å². The van der Waals surface area contributed by atoms with Gasteiger partial charge >= 0.3 is 0 Å². The summed E-state index contributed by atoms with van der Waals surface area (Å²) in [5.41, 5.74) is 0.102. The summed E-state index contributed by atoms with van der Waals surface area (Å²) in [6.45, 7) is 0.253. The number of nitrogens with zero attached hydrogens (tertiary/aromatic N) is 2. The van der Waals surface area contributed by atoms with Crippen LogP contribution in [0.5, 0.6) is 5.75 Å². The normalized spacial score (nSPS) is 13.7. The van der Waals surface area contributed by atoms with Crippen molar-refractivity contribution < 1.29 is 31.5 Å². The van der Waals surface area contributed by atoms with Crippen LogP contribution in [0.1, 0.15) is 0 Å². The van der Waals surface area contributed by atoms with E-state index in [9.17, 15) is 26.7 Å². The summed E-state index contributed by atoms with van der Waals surface area (Å²) in [5.74, 6) is -9.68. The molecule has 1 aliphatic heterocycles. The third kappa shape index (κ3) is 5.27. The summed E-state index contributed by atoms with van der Waals surface area (Å²) in [7, 11) is 0. The lowest BCUT2D eigenvalue weighted by Gasteiger charge is -2.38. The van der Waals surface area contributed by atoms with Gasteiger partial charge in [0.15, 0.2) is 29.9 Å². The summed E-state index contributed by atoms with van der Waals surface area (Å²) in [6.07, 6.45) is 0. The first-order valence-corrected chi connectivity index (χ1v) is 10.9. The van der Waals surface area contributed by atoms with E-state index >= 15 is 0 Å². The molecule has 1 heterocycles. The van der Waals surface area contributed by atoms with Gasteiger partial charge in [0.25, 0.3) is 5.91 Å². The van der Waals surface area contributed by atoms with E-state index in [4.69, 9.17) is 16.3 Å². The van der Waals surface area contributed by atoms with Crippen molar-refractivity contribution in [3.63, 3.8) is 0 Å². The van der Waals surface area contributed by atoms with Gasteiger partial charge in [-0.25, -0.2) is 22.0 Å². The summed E-state index contributed by atoms with van der Waals surface area (Å²) in [5, 5.41) is 3.00. The molecular formula is C24H19ClF5N3O2. The van der Waals surface area contributed by atoms with E-state index < -0.39 is 34.8 Å². The number of hydrogen-bond acceptors (Lipinski definition) is 4. The van der Waals surface area contributed by atoms with Crippen LogP contribution in [0.2, 0.25) is 5.02 Å². The number of rotatable bonds is 6. The second-order valence-corrected chi connectivity index (χ2v) is 8.12. The largest absolute Gasteiger partial charge is 0.484 e. The van der Waals surface area contributed by atoms with Crippen molar-refractivity contribution in [2.24, 2.45) is 0 Å².